The highest BCUT2D eigenvalue weighted by atomic mass is 35.5. The zero-order chi connectivity index (χ0) is 17.3. The number of halogens is 2. The van der Waals surface area contributed by atoms with E-state index in [1.165, 1.54) is 0 Å². The first-order valence-electron chi connectivity index (χ1n) is 7.64. The number of carbonyl (C=O) groups is 1. The second-order valence-corrected chi connectivity index (χ2v) is 6.44. The number of carboxylic acid groups (broad SMARTS) is 1. The topological polar surface area (TPSA) is 52.9 Å². The largest absolute Gasteiger partial charge is 0.477 e. The fourth-order valence-electron chi connectivity index (χ4n) is 3.08. The first-order valence-corrected chi connectivity index (χ1v) is 8.39. The van der Waals surface area contributed by atoms with Gasteiger partial charge in [-0.2, -0.15) is 5.10 Å². The molecular formula is C18H16Cl2N2O2. The van der Waals surface area contributed by atoms with Crippen LogP contribution in [-0.4, -0.2) is 16.8 Å². The molecule has 124 valence electrons. The third-order valence-corrected chi connectivity index (χ3v) is 4.71. The lowest BCUT2D eigenvalue weighted by Crippen LogP contribution is -2.27. The van der Waals surface area contributed by atoms with Crippen LogP contribution in [-0.2, 0) is 4.79 Å². The zero-order valence-electron chi connectivity index (χ0n) is 13.0. The SMILES string of the molecule is CCC1C(C(=O)O)=NN(c2ccc(Cl)cc2Cl)C1c1ccccc1. The molecule has 0 amide bonds. The monoisotopic (exact) mass is 362 g/mol. The molecule has 0 bridgehead atoms. The van der Waals surface area contributed by atoms with Crippen molar-refractivity contribution >= 4 is 40.6 Å². The van der Waals surface area contributed by atoms with Crippen LogP contribution in [0.25, 0.3) is 0 Å². The normalized spacial score (nSPS) is 20.1. The number of carboxylic acids is 1. The van der Waals surface area contributed by atoms with E-state index in [0.717, 1.165) is 5.56 Å². The summed E-state index contributed by atoms with van der Waals surface area (Å²) in [6.07, 6.45) is 0.659. The first kappa shape index (κ1) is 16.8. The summed E-state index contributed by atoms with van der Waals surface area (Å²) in [4.78, 5) is 11.7. The van der Waals surface area contributed by atoms with E-state index in [4.69, 9.17) is 23.2 Å². The maximum absolute atomic E-state index is 11.7. The minimum absolute atomic E-state index is 0.150. The molecular weight excluding hydrogens is 347 g/mol. The van der Waals surface area contributed by atoms with Gasteiger partial charge in [0.05, 0.1) is 16.8 Å². The molecule has 0 aromatic heterocycles. The minimum Gasteiger partial charge on any atom is -0.477 e. The highest BCUT2D eigenvalue weighted by Crippen LogP contribution is 2.43. The van der Waals surface area contributed by atoms with Crippen LogP contribution in [0.1, 0.15) is 24.9 Å². The number of hydrazone groups is 1. The van der Waals surface area contributed by atoms with Crippen LogP contribution in [0.15, 0.2) is 53.6 Å². The van der Waals surface area contributed by atoms with E-state index in [0.29, 0.717) is 22.2 Å². The van der Waals surface area contributed by atoms with Crippen molar-refractivity contribution in [2.24, 2.45) is 11.0 Å². The molecule has 6 heteroatoms. The van der Waals surface area contributed by atoms with Gasteiger partial charge in [0.1, 0.15) is 0 Å². The van der Waals surface area contributed by atoms with Gasteiger partial charge in [0.15, 0.2) is 5.71 Å². The summed E-state index contributed by atoms with van der Waals surface area (Å²) >= 11 is 12.3. The molecule has 0 radical (unpaired) electrons. The Hall–Kier alpha value is -2.04. The van der Waals surface area contributed by atoms with Gasteiger partial charge in [0.25, 0.3) is 0 Å². The van der Waals surface area contributed by atoms with Gasteiger partial charge in [-0.05, 0) is 30.2 Å². The molecule has 1 heterocycles. The van der Waals surface area contributed by atoms with Crippen molar-refractivity contribution in [1.82, 2.24) is 0 Å². The van der Waals surface area contributed by atoms with Gasteiger partial charge in [-0.3, -0.25) is 5.01 Å². The van der Waals surface area contributed by atoms with Crippen molar-refractivity contribution in [3.63, 3.8) is 0 Å². The highest BCUT2D eigenvalue weighted by molar-refractivity contribution is 6.38. The smallest absolute Gasteiger partial charge is 0.352 e. The number of hydrogen-bond donors (Lipinski definition) is 1. The zero-order valence-corrected chi connectivity index (χ0v) is 14.5. The Bertz CT molecular complexity index is 793. The molecule has 0 saturated carbocycles. The van der Waals surface area contributed by atoms with Crippen LogP contribution in [0.2, 0.25) is 10.0 Å². The quantitative estimate of drug-likeness (QED) is 0.830. The average Bonchev–Trinajstić information content (AvgIpc) is 2.95. The molecule has 0 fully saturated rings. The maximum Gasteiger partial charge on any atom is 0.352 e. The Morgan fingerprint density at radius 3 is 2.50 bits per heavy atom. The molecule has 4 nitrogen and oxygen atoms in total. The van der Waals surface area contributed by atoms with Crippen molar-refractivity contribution < 1.29 is 9.90 Å². The Balaban J connectivity index is 2.14. The lowest BCUT2D eigenvalue weighted by molar-refractivity contribution is -0.129. The van der Waals surface area contributed by atoms with E-state index >= 15 is 0 Å². The Kier molecular flexibility index (Phi) is 4.78. The van der Waals surface area contributed by atoms with Crippen molar-refractivity contribution in [3.05, 3.63) is 64.1 Å². The van der Waals surface area contributed by atoms with Crippen LogP contribution in [0.4, 0.5) is 5.69 Å². The lowest BCUT2D eigenvalue weighted by atomic mass is 9.88. The number of nitrogens with zero attached hydrogens (tertiary/aromatic N) is 2. The molecule has 2 aromatic carbocycles. The first-order chi connectivity index (χ1) is 11.5. The number of aliphatic carboxylic acids is 1. The Morgan fingerprint density at radius 1 is 1.21 bits per heavy atom. The molecule has 0 aliphatic carbocycles. The van der Waals surface area contributed by atoms with Gasteiger partial charge < -0.3 is 5.11 Å². The molecule has 2 aromatic rings. The summed E-state index contributed by atoms with van der Waals surface area (Å²) in [6, 6.07) is 14.6. The summed E-state index contributed by atoms with van der Waals surface area (Å²) in [5.74, 6) is -1.23. The molecule has 24 heavy (non-hydrogen) atoms. The number of hydrogen-bond acceptors (Lipinski definition) is 3. The lowest BCUT2D eigenvalue weighted by Gasteiger charge is -2.28. The van der Waals surface area contributed by atoms with E-state index in [-0.39, 0.29) is 17.7 Å². The summed E-state index contributed by atoms with van der Waals surface area (Å²) in [5.41, 5.74) is 1.79. The molecule has 1 N–H and O–H groups in total. The van der Waals surface area contributed by atoms with Gasteiger partial charge in [-0.25, -0.2) is 4.79 Å². The fourth-order valence-corrected chi connectivity index (χ4v) is 3.58. The second-order valence-electron chi connectivity index (χ2n) is 5.60. The van der Waals surface area contributed by atoms with Gasteiger partial charge >= 0.3 is 5.97 Å². The van der Waals surface area contributed by atoms with Crippen molar-refractivity contribution in [2.45, 2.75) is 19.4 Å². The molecule has 1 aliphatic heterocycles. The minimum atomic E-state index is -1.00. The summed E-state index contributed by atoms with van der Waals surface area (Å²) in [6.45, 7) is 1.96. The summed E-state index contributed by atoms with van der Waals surface area (Å²) < 4.78 is 0. The van der Waals surface area contributed by atoms with Crippen LogP contribution >= 0.6 is 23.2 Å². The van der Waals surface area contributed by atoms with E-state index < -0.39 is 5.97 Å². The van der Waals surface area contributed by atoms with E-state index in [2.05, 4.69) is 5.10 Å². The fraction of sp³-hybridized carbons (Fsp3) is 0.222. The van der Waals surface area contributed by atoms with Gasteiger partial charge in [0, 0.05) is 10.9 Å². The third-order valence-electron chi connectivity index (χ3n) is 4.17. The van der Waals surface area contributed by atoms with Crippen molar-refractivity contribution in [3.8, 4) is 0 Å². The van der Waals surface area contributed by atoms with E-state index in [1.807, 2.05) is 37.3 Å². The predicted octanol–water partition coefficient (Wildman–Crippen LogP) is 5.02. The molecule has 3 rings (SSSR count). The van der Waals surface area contributed by atoms with E-state index in [1.54, 1.807) is 23.2 Å². The number of anilines is 1. The molecule has 0 spiro atoms. The predicted molar refractivity (Wildman–Crippen MR) is 97.0 cm³/mol. The van der Waals surface area contributed by atoms with Crippen LogP contribution in [0.5, 0.6) is 0 Å². The molecule has 1 aliphatic rings. The molecule has 2 unspecified atom stereocenters. The Morgan fingerprint density at radius 2 is 1.92 bits per heavy atom. The van der Waals surface area contributed by atoms with Crippen LogP contribution in [0.3, 0.4) is 0 Å². The van der Waals surface area contributed by atoms with E-state index in [9.17, 15) is 9.90 Å². The summed E-state index contributed by atoms with van der Waals surface area (Å²) in [5, 5.41) is 16.6. The molecule has 0 saturated heterocycles. The van der Waals surface area contributed by atoms with Crippen LogP contribution < -0.4 is 5.01 Å². The average molecular weight is 363 g/mol. The second kappa shape index (κ2) is 6.83. The van der Waals surface area contributed by atoms with Gasteiger partial charge in [-0.1, -0.05) is 60.5 Å². The summed E-state index contributed by atoms with van der Waals surface area (Å²) in [7, 11) is 0. The third kappa shape index (κ3) is 2.99. The number of rotatable bonds is 4. The van der Waals surface area contributed by atoms with Gasteiger partial charge in [-0.15, -0.1) is 0 Å². The Labute approximate surface area is 150 Å². The van der Waals surface area contributed by atoms with Crippen molar-refractivity contribution in [2.75, 3.05) is 5.01 Å². The maximum atomic E-state index is 11.7. The molecule has 2 atom stereocenters. The standard InChI is InChI=1S/C18H16Cl2N2O2/c1-2-13-16(18(23)24)21-22(15-9-8-12(19)10-14(15)20)17(13)11-6-4-3-5-7-11/h3-10,13,17H,2H2,1H3,(H,23,24). The van der Waals surface area contributed by atoms with Gasteiger partial charge in [0.2, 0.25) is 0 Å². The highest BCUT2D eigenvalue weighted by Gasteiger charge is 2.41. The van der Waals surface area contributed by atoms with Crippen molar-refractivity contribution in [1.29, 1.82) is 0 Å². The number of benzene rings is 2. The van der Waals surface area contributed by atoms with Crippen LogP contribution in [0, 0.1) is 5.92 Å².